The summed E-state index contributed by atoms with van der Waals surface area (Å²) in [5.41, 5.74) is -1.50. The number of sulfone groups is 1. The molecule has 0 spiro atoms. The normalized spacial score (nSPS) is 27.4. The van der Waals surface area contributed by atoms with Gasteiger partial charge in [-0.05, 0) is 31.6 Å². The quantitative estimate of drug-likeness (QED) is 0.691. The van der Waals surface area contributed by atoms with E-state index >= 15 is 0 Å². The van der Waals surface area contributed by atoms with Crippen LogP contribution in [0.4, 0.5) is 0 Å². The van der Waals surface area contributed by atoms with Gasteiger partial charge in [0.1, 0.15) is 15.4 Å². The monoisotopic (exact) mass is 341 g/mol. The van der Waals surface area contributed by atoms with E-state index in [2.05, 4.69) is 4.72 Å². The van der Waals surface area contributed by atoms with E-state index in [-0.39, 0.29) is 12.8 Å². The van der Waals surface area contributed by atoms with Crippen molar-refractivity contribution in [2.24, 2.45) is 5.92 Å². The molecule has 1 saturated carbocycles. The van der Waals surface area contributed by atoms with Gasteiger partial charge in [0.2, 0.25) is 10.0 Å². The number of sulfonamides is 1. The van der Waals surface area contributed by atoms with Crippen molar-refractivity contribution in [2.45, 2.75) is 44.6 Å². The zero-order chi connectivity index (χ0) is 16.3. The van der Waals surface area contributed by atoms with Crippen LogP contribution in [0.15, 0.2) is 0 Å². The van der Waals surface area contributed by atoms with Crippen molar-refractivity contribution in [1.29, 1.82) is 0 Å². The third kappa shape index (κ3) is 5.55. The molecule has 0 heterocycles. The fourth-order valence-electron chi connectivity index (χ4n) is 2.55. The molecule has 0 aromatic heterocycles. The van der Waals surface area contributed by atoms with Crippen LogP contribution in [0.25, 0.3) is 0 Å². The standard InChI is InChI=1S/C12H23NO6S2/c1-3-10-4-6-12(7-5-10,11(14)15)13-21(18,19)9-8-20(2,16)17/h10,13H,3-9H2,1-2H3,(H,14,15). The Hall–Kier alpha value is -0.670. The van der Waals surface area contributed by atoms with Crippen molar-refractivity contribution in [3.05, 3.63) is 0 Å². The van der Waals surface area contributed by atoms with Gasteiger partial charge in [-0.2, -0.15) is 4.72 Å². The lowest BCUT2D eigenvalue weighted by molar-refractivity contribution is -0.145. The Morgan fingerprint density at radius 2 is 1.71 bits per heavy atom. The smallest absolute Gasteiger partial charge is 0.324 e. The number of hydrogen-bond donors (Lipinski definition) is 2. The molecule has 1 aliphatic rings. The number of carboxylic acids is 1. The van der Waals surface area contributed by atoms with Gasteiger partial charge in [-0.25, -0.2) is 16.8 Å². The Morgan fingerprint density at radius 1 is 1.19 bits per heavy atom. The highest BCUT2D eigenvalue weighted by Gasteiger charge is 2.44. The summed E-state index contributed by atoms with van der Waals surface area (Å²) in [4.78, 5) is 11.5. The zero-order valence-electron chi connectivity index (χ0n) is 12.3. The molecule has 124 valence electrons. The Kier molecular flexibility index (Phi) is 5.79. The van der Waals surface area contributed by atoms with Gasteiger partial charge in [-0.3, -0.25) is 4.79 Å². The van der Waals surface area contributed by atoms with E-state index in [1.54, 1.807) is 0 Å². The maximum atomic E-state index is 12.0. The van der Waals surface area contributed by atoms with E-state index in [0.29, 0.717) is 18.8 Å². The molecule has 0 aromatic carbocycles. The highest BCUT2D eigenvalue weighted by atomic mass is 32.2. The lowest BCUT2D eigenvalue weighted by atomic mass is 9.76. The highest BCUT2D eigenvalue weighted by Crippen LogP contribution is 2.34. The van der Waals surface area contributed by atoms with Crippen molar-refractivity contribution in [3.63, 3.8) is 0 Å². The summed E-state index contributed by atoms with van der Waals surface area (Å²) in [7, 11) is -7.37. The minimum atomic E-state index is -3.95. The third-order valence-corrected chi connectivity index (χ3v) is 6.67. The van der Waals surface area contributed by atoms with Gasteiger partial charge in [-0.15, -0.1) is 0 Å². The first-order chi connectivity index (χ1) is 9.50. The van der Waals surface area contributed by atoms with Gasteiger partial charge in [0.05, 0.1) is 11.5 Å². The fourth-order valence-corrected chi connectivity index (χ4v) is 5.63. The van der Waals surface area contributed by atoms with E-state index in [9.17, 15) is 26.7 Å². The second-order valence-electron chi connectivity index (χ2n) is 5.79. The molecule has 9 heteroatoms. The second-order valence-corrected chi connectivity index (χ2v) is 9.89. The Morgan fingerprint density at radius 3 is 2.10 bits per heavy atom. The summed E-state index contributed by atoms with van der Waals surface area (Å²) in [6.07, 6.45) is 3.66. The molecule has 7 nitrogen and oxygen atoms in total. The van der Waals surface area contributed by atoms with E-state index < -0.39 is 42.9 Å². The van der Waals surface area contributed by atoms with Gasteiger partial charge in [0, 0.05) is 6.26 Å². The SMILES string of the molecule is CCC1CCC(NS(=O)(=O)CCS(C)(=O)=O)(C(=O)O)CC1. The van der Waals surface area contributed by atoms with Gasteiger partial charge < -0.3 is 5.11 Å². The predicted octanol–water partition coefficient (Wildman–Crippen LogP) is 0.374. The van der Waals surface area contributed by atoms with Crippen molar-refractivity contribution in [2.75, 3.05) is 17.8 Å². The summed E-state index contributed by atoms with van der Waals surface area (Å²) < 4.78 is 48.3. The van der Waals surface area contributed by atoms with Crippen LogP contribution in [0.2, 0.25) is 0 Å². The number of aliphatic carboxylic acids is 1. The molecule has 0 bridgehead atoms. The summed E-state index contributed by atoms with van der Waals surface area (Å²) >= 11 is 0. The second kappa shape index (κ2) is 6.62. The molecule has 1 fully saturated rings. The van der Waals surface area contributed by atoms with Crippen LogP contribution in [-0.4, -0.2) is 51.2 Å². The first-order valence-electron chi connectivity index (χ1n) is 6.92. The van der Waals surface area contributed by atoms with Crippen molar-refractivity contribution < 1.29 is 26.7 Å². The molecule has 21 heavy (non-hydrogen) atoms. The van der Waals surface area contributed by atoms with Gasteiger partial charge in [-0.1, -0.05) is 13.3 Å². The van der Waals surface area contributed by atoms with E-state index in [1.165, 1.54) is 0 Å². The number of hydrogen-bond acceptors (Lipinski definition) is 5. The van der Waals surface area contributed by atoms with Crippen LogP contribution < -0.4 is 4.72 Å². The summed E-state index contributed by atoms with van der Waals surface area (Å²) in [6, 6.07) is 0. The Balaban J connectivity index is 2.82. The van der Waals surface area contributed by atoms with E-state index in [0.717, 1.165) is 12.7 Å². The van der Waals surface area contributed by atoms with Crippen LogP contribution in [0.1, 0.15) is 39.0 Å². The molecule has 0 atom stereocenters. The molecule has 0 amide bonds. The van der Waals surface area contributed by atoms with Crippen LogP contribution in [0, 0.1) is 5.92 Å². The summed E-state index contributed by atoms with van der Waals surface area (Å²) in [5.74, 6) is -1.91. The van der Waals surface area contributed by atoms with Crippen molar-refractivity contribution in [3.8, 4) is 0 Å². The summed E-state index contributed by atoms with van der Waals surface area (Å²) in [5, 5.41) is 9.39. The fraction of sp³-hybridized carbons (Fsp3) is 0.917. The van der Waals surface area contributed by atoms with Crippen LogP contribution >= 0.6 is 0 Å². The minimum Gasteiger partial charge on any atom is -0.480 e. The van der Waals surface area contributed by atoms with Gasteiger partial charge in [0.15, 0.2) is 0 Å². The molecule has 1 rings (SSSR count). The topological polar surface area (TPSA) is 118 Å². The first-order valence-corrected chi connectivity index (χ1v) is 10.6. The molecular weight excluding hydrogens is 318 g/mol. The van der Waals surface area contributed by atoms with Crippen molar-refractivity contribution >= 4 is 25.8 Å². The molecule has 0 radical (unpaired) electrons. The predicted molar refractivity (Wildman–Crippen MR) is 79.2 cm³/mol. The van der Waals surface area contributed by atoms with Crippen molar-refractivity contribution in [1.82, 2.24) is 4.72 Å². The molecular formula is C12H23NO6S2. The first kappa shape index (κ1) is 18.4. The number of nitrogens with one attached hydrogen (secondary N) is 1. The average Bonchev–Trinajstić information content (AvgIpc) is 2.36. The maximum Gasteiger partial charge on any atom is 0.324 e. The lowest BCUT2D eigenvalue weighted by Gasteiger charge is -2.36. The molecule has 0 aliphatic heterocycles. The molecule has 0 aromatic rings. The molecule has 2 N–H and O–H groups in total. The molecule has 0 unspecified atom stereocenters. The number of carboxylic acid groups (broad SMARTS) is 1. The third-order valence-electron chi connectivity index (χ3n) is 4.02. The van der Waals surface area contributed by atoms with Gasteiger partial charge in [0.25, 0.3) is 0 Å². The van der Waals surface area contributed by atoms with Crippen LogP contribution in [0.3, 0.4) is 0 Å². The van der Waals surface area contributed by atoms with Crippen LogP contribution in [0.5, 0.6) is 0 Å². The number of rotatable bonds is 7. The molecule has 0 saturated heterocycles. The van der Waals surface area contributed by atoms with Gasteiger partial charge >= 0.3 is 5.97 Å². The highest BCUT2D eigenvalue weighted by molar-refractivity contribution is 7.93. The zero-order valence-corrected chi connectivity index (χ0v) is 14.0. The minimum absolute atomic E-state index is 0.235. The maximum absolute atomic E-state index is 12.0. The Labute approximate surface area is 126 Å². The average molecular weight is 341 g/mol. The summed E-state index contributed by atoms with van der Waals surface area (Å²) in [6.45, 7) is 2.02. The van der Waals surface area contributed by atoms with E-state index in [4.69, 9.17) is 0 Å². The lowest BCUT2D eigenvalue weighted by Crippen LogP contribution is -2.57. The number of carbonyl (C=O) groups is 1. The largest absolute Gasteiger partial charge is 0.480 e. The Bertz CT molecular complexity index is 573. The van der Waals surface area contributed by atoms with E-state index in [1.807, 2.05) is 6.92 Å². The van der Waals surface area contributed by atoms with Crippen LogP contribution in [-0.2, 0) is 24.7 Å². The molecule has 1 aliphatic carbocycles.